The van der Waals surface area contributed by atoms with E-state index in [0.29, 0.717) is 10.9 Å². The Balaban J connectivity index is 3.15. The van der Waals surface area contributed by atoms with E-state index in [9.17, 15) is 9.59 Å². The molecule has 0 aliphatic rings. The maximum absolute atomic E-state index is 11.1. The van der Waals surface area contributed by atoms with Gasteiger partial charge in [-0.25, -0.2) is 9.59 Å². The smallest absolute Gasteiger partial charge is 0.371 e. The maximum atomic E-state index is 11.1. The Morgan fingerprint density at radius 3 is 2.69 bits per heavy atom. The molecule has 0 saturated heterocycles. The van der Waals surface area contributed by atoms with Crippen molar-refractivity contribution < 1.29 is 4.42 Å². The minimum atomic E-state index is -0.858. The molecule has 2 aromatic rings. The highest BCUT2D eigenvalue weighted by Gasteiger charge is 2.04. The summed E-state index contributed by atoms with van der Waals surface area (Å²) in [7, 11) is 0. The van der Waals surface area contributed by atoms with Crippen molar-refractivity contribution in [2.45, 2.75) is 0 Å². The number of nitrogens with zero attached hydrogens (tertiary/aromatic N) is 1. The van der Waals surface area contributed by atoms with Gasteiger partial charge in [0.15, 0.2) is 0 Å². The van der Waals surface area contributed by atoms with Gasteiger partial charge in [0.1, 0.15) is 0 Å². The third-order valence-corrected chi connectivity index (χ3v) is 1.76. The van der Waals surface area contributed by atoms with E-state index >= 15 is 0 Å². The molecule has 0 radical (unpaired) electrons. The lowest BCUT2D eigenvalue weighted by Gasteiger charge is -1.99. The van der Waals surface area contributed by atoms with Crippen LogP contribution in [-0.2, 0) is 0 Å². The zero-order valence-electron chi connectivity index (χ0n) is 6.56. The molecule has 5 heteroatoms. The van der Waals surface area contributed by atoms with Crippen molar-refractivity contribution in [3.05, 3.63) is 45.2 Å². The molecule has 0 aliphatic heterocycles. The van der Waals surface area contributed by atoms with Gasteiger partial charge in [-0.3, -0.25) is 0 Å². The number of nitrogen functional groups attached to an aromatic ring is 1. The molecular weight excluding hydrogens is 172 g/mol. The fourth-order valence-electron chi connectivity index (χ4n) is 1.14. The van der Waals surface area contributed by atoms with Crippen molar-refractivity contribution in [1.82, 2.24) is 4.68 Å². The molecule has 2 rings (SSSR count). The molecule has 13 heavy (non-hydrogen) atoms. The van der Waals surface area contributed by atoms with Crippen LogP contribution in [0, 0.1) is 0 Å². The van der Waals surface area contributed by atoms with Crippen LogP contribution >= 0.6 is 0 Å². The zero-order valence-corrected chi connectivity index (χ0v) is 6.56. The predicted octanol–water partition coefficient (Wildman–Crippen LogP) is -0.332. The summed E-state index contributed by atoms with van der Waals surface area (Å²) in [6.45, 7) is 0. The maximum Gasteiger partial charge on any atom is 0.440 e. The van der Waals surface area contributed by atoms with Gasteiger partial charge in [-0.05, 0) is 12.1 Å². The molecule has 1 aromatic carbocycles. The highest BCUT2D eigenvalue weighted by atomic mass is 16.4. The van der Waals surface area contributed by atoms with E-state index in [1.165, 1.54) is 0 Å². The van der Waals surface area contributed by atoms with Crippen LogP contribution in [0.5, 0.6) is 0 Å². The monoisotopic (exact) mass is 178 g/mol. The Morgan fingerprint density at radius 2 is 1.92 bits per heavy atom. The number of para-hydroxylation sites is 1. The molecule has 1 aromatic heterocycles. The van der Waals surface area contributed by atoms with Crippen molar-refractivity contribution in [3.8, 4) is 0 Å². The van der Waals surface area contributed by atoms with Gasteiger partial charge >= 0.3 is 11.4 Å². The lowest BCUT2D eigenvalue weighted by Crippen LogP contribution is -2.30. The first kappa shape index (κ1) is 7.60. The van der Waals surface area contributed by atoms with E-state index in [4.69, 9.17) is 5.84 Å². The van der Waals surface area contributed by atoms with Gasteiger partial charge in [-0.1, -0.05) is 12.1 Å². The fraction of sp³-hybridized carbons (Fsp3) is 0. The second kappa shape index (κ2) is 2.48. The van der Waals surface area contributed by atoms with Crippen LogP contribution in [0.25, 0.3) is 10.9 Å². The van der Waals surface area contributed by atoms with Crippen LogP contribution in [0.2, 0.25) is 0 Å². The fourth-order valence-corrected chi connectivity index (χ4v) is 1.14. The molecule has 66 valence electrons. The van der Waals surface area contributed by atoms with Gasteiger partial charge < -0.3 is 10.3 Å². The van der Waals surface area contributed by atoms with Crippen molar-refractivity contribution in [3.63, 3.8) is 0 Å². The van der Waals surface area contributed by atoms with E-state index in [2.05, 4.69) is 4.42 Å². The first-order valence-electron chi connectivity index (χ1n) is 3.60. The Hall–Kier alpha value is -2.04. The number of hydrogen-bond acceptors (Lipinski definition) is 4. The summed E-state index contributed by atoms with van der Waals surface area (Å²) in [5.41, 5.74) is -0.300. The summed E-state index contributed by atoms with van der Waals surface area (Å²) in [5.74, 6) is 4.50. The van der Waals surface area contributed by atoms with E-state index < -0.39 is 11.4 Å². The molecule has 0 amide bonds. The summed E-state index contributed by atoms with van der Waals surface area (Å²) >= 11 is 0. The Kier molecular flexibility index (Phi) is 1.45. The van der Waals surface area contributed by atoms with Crippen molar-refractivity contribution in [2.75, 3.05) is 5.84 Å². The largest absolute Gasteiger partial charge is 0.440 e. The SMILES string of the molecule is Nn1c(=O)oc(=O)c2ccccc21. The van der Waals surface area contributed by atoms with Crippen LogP contribution in [0.15, 0.2) is 38.3 Å². The highest BCUT2D eigenvalue weighted by molar-refractivity contribution is 5.77. The lowest BCUT2D eigenvalue weighted by atomic mass is 10.2. The number of aromatic nitrogens is 1. The summed E-state index contributed by atoms with van der Waals surface area (Å²) < 4.78 is 5.15. The summed E-state index contributed by atoms with van der Waals surface area (Å²) in [6, 6.07) is 6.48. The highest BCUT2D eigenvalue weighted by Crippen LogP contribution is 2.03. The minimum absolute atomic E-state index is 0.296. The van der Waals surface area contributed by atoms with Gasteiger partial charge in [0.05, 0.1) is 10.9 Å². The number of nitrogens with two attached hydrogens (primary N) is 1. The molecule has 0 fully saturated rings. The average molecular weight is 178 g/mol. The lowest BCUT2D eigenvalue weighted by molar-refractivity contribution is 0.439. The molecule has 0 aliphatic carbocycles. The van der Waals surface area contributed by atoms with Crippen molar-refractivity contribution >= 4 is 10.9 Å². The van der Waals surface area contributed by atoms with E-state index in [1.807, 2.05) is 0 Å². The van der Waals surface area contributed by atoms with Crippen LogP contribution < -0.4 is 17.2 Å². The van der Waals surface area contributed by atoms with Gasteiger partial charge in [-0.2, -0.15) is 4.68 Å². The molecule has 0 unspecified atom stereocenters. The van der Waals surface area contributed by atoms with Crippen LogP contribution in [-0.4, -0.2) is 4.68 Å². The molecule has 0 atom stereocenters. The molecule has 0 spiro atoms. The first-order chi connectivity index (χ1) is 6.20. The molecular formula is C8H6N2O3. The van der Waals surface area contributed by atoms with E-state index in [0.717, 1.165) is 4.68 Å². The Morgan fingerprint density at radius 1 is 1.23 bits per heavy atom. The number of benzene rings is 1. The summed E-state index contributed by atoms with van der Waals surface area (Å²) in [6.07, 6.45) is 0. The molecule has 1 heterocycles. The standard InChI is InChI=1S/C8H6N2O3/c9-10-6-4-2-1-3-5(6)7(11)13-8(10)12/h1-4H,9H2. The molecule has 0 saturated carbocycles. The van der Waals surface area contributed by atoms with Gasteiger partial charge in [0, 0.05) is 0 Å². The normalized spacial score (nSPS) is 10.5. The van der Waals surface area contributed by atoms with Gasteiger partial charge in [-0.15, -0.1) is 0 Å². The van der Waals surface area contributed by atoms with E-state index in [-0.39, 0.29) is 0 Å². The summed E-state index contributed by atoms with van der Waals surface area (Å²) in [5, 5.41) is 0.296. The Bertz CT molecular complexity index is 567. The van der Waals surface area contributed by atoms with Gasteiger partial charge in [0.25, 0.3) is 0 Å². The molecule has 2 N–H and O–H groups in total. The third kappa shape index (κ3) is 1.01. The third-order valence-electron chi connectivity index (χ3n) is 1.76. The minimum Gasteiger partial charge on any atom is -0.371 e. The van der Waals surface area contributed by atoms with Crippen LogP contribution in [0.4, 0.5) is 0 Å². The number of rotatable bonds is 0. The summed E-state index contributed by atoms with van der Waals surface area (Å²) in [4.78, 5) is 22.0. The zero-order chi connectivity index (χ0) is 9.42. The second-order valence-corrected chi connectivity index (χ2v) is 2.54. The molecule has 5 nitrogen and oxygen atoms in total. The van der Waals surface area contributed by atoms with Crippen molar-refractivity contribution in [1.29, 1.82) is 0 Å². The molecule has 0 bridgehead atoms. The van der Waals surface area contributed by atoms with Gasteiger partial charge in [0.2, 0.25) is 0 Å². The van der Waals surface area contributed by atoms with Crippen molar-refractivity contribution in [2.24, 2.45) is 0 Å². The first-order valence-corrected chi connectivity index (χ1v) is 3.60. The topological polar surface area (TPSA) is 78.2 Å². The van der Waals surface area contributed by atoms with Crippen LogP contribution in [0.3, 0.4) is 0 Å². The number of fused-ring (bicyclic) bond motifs is 1. The Labute approximate surface area is 72.0 Å². The average Bonchev–Trinajstić information content (AvgIpc) is 2.15. The number of hydrogen-bond donors (Lipinski definition) is 1. The van der Waals surface area contributed by atoms with Crippen LogP contribution in [0.1, 0.15) is 0 Å². The van der Waals surface area contributed by atoms with E-state index in [1.54, 1.807) is 24.3 Å². The second-order valence-electron chi connectivity index (χ2n) is 2.54. The predicted molar refractivity (Wildman–Crippen MR) is 46.9 cm³/mol. The quantitative estimate of drug-likeness (QED) is 0.560.